The first-order chi connectivity index (χ1) is 12.5. The molecule has 0 aromatic carbocycles. The van der Waals surface area contributed by atoms with Gasteiger partial charge in [-0.1, -0.05) is 20.3 Å². The lowest BCUT2D eigenvalue weighted by Crippen LogP contribution is -2.34. The lowest BCUT2D eigenvalue weighted by molar-refractivity contribution is 0.505. The number of sulfonamides is 1. The SMILES string of the molecule is CCCCS(=O)(=O)NC1CC(C)C(c2nnc3cnc4[nH]ccc4n23)C1. The number of fused-ring (bicyclic) bond motifs is 3. The Labute approximate surface area is 152 Å². The molecule has 3 unspecified atom stereocenters. The third-order valence-corrected chi connectivity index (χ3v) is 6.81. The van der Waals surface area contributed by atoms with Crippen LogP contribution in [0.25, 0.3) is 16.8 Å². The predicted molar refractivity (Wildman–Crippen MR) is 99.4 cm³/mol. The Kier molecular flexibility index (Phi) is 4.44. The number of rotatable bonds is 6. The van der Waals surface area contributed by atoms with Gasteiger partial charge in [0.2, 0.25) is 10.0 Å². The van der Waals surface area contributed by atoms with Gasteiger partial charge in [0.1, 0.15) is 5.82 Å². The van der Waals surface area contributed by atoms with Crippen LogP contribution < -0.4 is 4.72 Å². The van der Waals surface area contributed by atoms with Crippen molar-refractivity contribution in [2.45, 2.75) is 51.5 Å². The molecule has 0 spiro atoms. The van der Waals surface area contributed by atoms with Gasteiger partial charge in [-0.25, -0.2) is 18.1 Å². The minimum Gasteiger partial charge on any atom is -0.345 e. The van der Waals surface area contributed by atoms with E-state index in [1.165, 1.54) is 0 Å². The van der Waals surface area contributed by atoms with Gasteiger partial charge < -0.3 is 4.98 Å². The molecular formula is C17H24N6O2S. The van der Waals surface area contributed by atoms with Crippen molar-refractivity contribution in [3.63, 3.8) is 0 Å². The number of hydrogen-bond acceptors (Lipinski definition) is 5. The summed E-state index contributed by atoms with van der Waals surface area (Å²) in [5.74, 6) is 1.56. The lowest BCUT2D eigenvalue weighted by Gasteiger charge is -2.14. The molecule has 3 heterocycles. The van der Waals surface area contributed by atoms with Crippen molar-refractivity contribution in [1.29, 1.82) is 0 Å². The molecular weight excluding hydrogens is 352 g/mol. The average Bonchev–Trinajstić information content (AvgIpc) is 3.29. The van der Waals surface area contributed by atoms with E-state index in [0.29, 0.717) is 18.0 Å². The van der Waals surface area contributed by atoms with Gasteiger partial charge in [0.05, 0.1) is 17.5 Å². The maximum absolute atomic E-state index is 12.2. The zero-order valence-electron chi connectivity index (χ0n) is 15.0. The molecule has 0 radical (unpaired) electrons. The molecule has 3 atom stereocenters. The Morgan fingerprint density at radius 1 is 1.35 bits per heavy atom. The molecule has 0 bridgehead atoms. The maximum atomic E-state index is 12.2. The van der Waals surface area contributed by atoms with Gasteiger partial charge >= 0.3 is 0 Å². The molecule has 1 aliphatic rings. The Morgan fingerprint density at radius 2 is 2.19 bits per heavy atom. The Morgan fingerprint density at radius 3 is 3.00 bits per heavy atom. The molecule has 3 aromatic heterocycles. The van der Waals surface area contributed by atoms with Gasteiger partial charge in [-0.2, -0.15) is 0 Å². The second-order valence-corrected chi connectivity index (χ2v) is 9.14. The molecule has 0 saturated heterocycles. The Bertz CT molecular complexity index is 1020. The zero-order valence-corrected chi connectivity index (χ0v) is 15.8. The summed E-state index contributed by atoms with van der Waals surface area (Å²) < 4.78 is 29.4. The summed E-state index contributed by atoms with van der Waals surface area (Å²) in [4.78, 5) is 7.46. The molecule has 0 aliphatic heterocycles. The van der Waals surface area contributed by atoms with Gasteiger partial charge in [0.15, 0.2) is 11.3 Å². The fourth-order valence-corrected chi connectivity index (χ4v) is 5.48. The van der Waals surface area contributed by atoms with E-state index >= 15 is 0 Å². The highest BCUT2D eigenvalue weighted by Gasteiger charge is 2.37. The first-order valence-electron chi connectivity index (χ1n) is 9.15. The third-order valence-electron chi connectivity index (χ3n) is 5.29. The first-order valence-corrected chi connectivity index (χ1v) is 10.8. The number of H-pyrrole nitrogens is 1. The van der Waals surface area contributed by atoms with Crippen molar-refractivity contribution in [2.75, 3.05) is 5.75 Å². The van der Waals surface area contributed by atoms with Crippen LogP contribution >= 0.6 is 0 Å². The van der Waals surface area contributed by atoms with Crippen LogP contribution in [-0.4, -0.2) is 44.8 Å². The predicted octanol–water partition coefficient (Wildman–Crippen LogP) is 2.21. The molecule has 1 fully saturated rings. The zero-order chi connectivity index (χ0) is 18.3. The van der Waals surface area contributed by atoms with Crippen molar-refractivity contribution in [3.8, 4) is 0 Å². The van der Waals surface area contributed by atoms with E-state index in [4.69, 9.17) is 0 Å². The van der Waals surface area contributed by atoms with Crippen LogP contribution in [0.2, 0.25) is 0 Å². The van der Waals surface area contributed by atoms with E-state index < -0.39 is 10.0 Å². The third kappa shape index (κ3) is 3.09. The highest BCUT2D eigenvalue weighted by atomic mass is 32.2. The van der Waals surface area contributed by atoms with Crippen LogP contribution in [0.4, 0.5) is 0 Å². The molecule has 140 valence electrons. The van der Waals surface area contributed by atoms with Gasteiger partial charge in [-0.05, 0) is 31.2 Å². The second kappa shape index (κ2) is 6.62. The van der Waals surface area contributed by atoms with E-state index in [-0.39, 0.29) is 17.7 Å². The monoisotopic (exact) mass is 376 g/mol. The first kappa shape index (κ1) is 17.4. The van der Waals surface area contributed by atoms with Crippen LogP contribution in [0.5, 0.6) is 0 Å². The molecule has 0 amide bonds. The number of hydrogen-bond donors (Lipinski definition) is 2. The van der Waals surface area contributed by atoms with Crippen LogP contribution in [0.1, 0.15) is 51.3 Å². The van der Waals surface area contributed by atoms with Crippen molar-refractivity contribution in [3.05, 3.63) is 24.3 Å². The van der Waals surface area contributed by atoms with E-state index in [2.05, 4.69) is 31.8 Å². The molecule has 2 N–H and O–H groups in total. The van der Waals surface area contributed by atoms with E-state index in [9.17, 15) is 8.42 Å². The van der Waals surface area contributed by atoms with Crippen molar-refractivity contribution >= 4 is 26.8 Å². The molecule has 1 aliphatic carbocycles. The van der Waals surface area contributed by atoms with Crippen molar-refractivity contribution < 1.29 is 8.42 Å². The maximum Gasteiger partial charge on any atom is 0.211 e. The molecule has 3 aromatic rings. The summed E-state index contributed by atoms with van der Waals surface area (Å²) in [6, 6.07) is 1.92. The standard InChI is InChI=1S/C17H24N6O2S/c1-3-4-7-26(24,25)22-12-8-11(2)13(9-12)17-21-20-15-10-19-16-14(23(15)17)5-6-18-16/h5-6,10-13,18,22H,3-4,7-9H2,1-2H3. The summed E-state index contributed by atoms with van der Waals surface area (Å²) in [5, 5.41) is 8.69. The second-order valence-electron chi connectivity index (χ2n) is 7.26. The Balaban J connectivity index is 1.61. The molecule has 9 heteroatoms. The summed E-state index contributed by atoms with van der Waals surface area (Å²) in [5.41, 5.74) is 2.45. The highest BCUT2D eigenvalue weighted by molar-refractivity contribution is 7.89. The Hall–Kier alpha value is -2.00. The van der Waals surface area contributed by atoms with Gasteiger partial charge in [-0.3, -0.25) is 4.40 Å². The summed E-state index contributed by atoms with van der Waals surface area (Å²) in [7, 11) is -3.22. The van der Waals surface area contributed by atoms with Gasteiger partial charge in [0, 0.05) is 18.2 Å². The van der Waals surface area contributed by atoms with Crippen LogP contribution in [0.3, 0.4) is 0 Å². The van der Waals surface area contributed by atoms with Crippen LogP contribution in [-0.2, 0) is 10.0 Å². The van der Waals surface area contributed by atoms with E-state index in [1.54, 1.807) is 6.20 Å². The number of unbranched alkanes of at least 4 members (excludes halogenated alkanes) is 1. The quantitative estimate of drug-likeness (QED) is 0.686. The van der Waals surface area contributed by atoms with Crippen LogP contribution in [0.15, 0.2) is 18.5 Å². The molecule has 26 heavy (non-hydrogen) atoms. The number of aromatic nitrogens is 5. The minimum atomic E-state index is -3.22. The molecule has 1 saturated carbocycles. The largest absolute Gasteiger partial charge is 0.345 e. The summed E-state index contributed by atoms with van der Waals surface area (Å²) in [6.07, 6.45) is 6.67. The van der Waals surface area contributed by atoms with E-state index in [0.717, 1.165) is 36.3 Å². The highest BCUT2D eigenvalue weighted by Crippen LogP contribution is 2.39. The molecule has 8 nitrogen and oxygen atoms in total. The normalized spacial score (nSPS) is 24.0. The number of aromatic amines is 1. The number of nitrogens with one attached hydrogen (secondary N) is 2. The summed E-state index contributed by atoms with van der Waals surface area (Å²) >= 11 is 0. The van der Waals surface area contributed by atoms with Crippen LogP contribution in [0, 0.1) is 5.92 Å². The topological polar surface area (TPSA) is 105 Å². The smallest absolute Gasteiger partial charge is 0.211 e. The fraction of sp³-hybridized carbons (Fsp3) is 0.588. The molecule has 4 rings (SSSR count). The van der Waals surface area contributed by atoms with Gasteiger partial charge in [-0.15, -0.1) is 10.2 Å². The lowest BCUT2D eigenvalue weighted by atomic mass is 9.97. The van der Waals surface area contributed by atoms with Crippen molar-refractivity contribution in [1.82, 2.24) is 29.3 Å². The number of nitrogens with zero attached hydrogens (tertiary/aromatic N) is 4. The minimum absolute atomic E-state index is 0.0484. The van der Waals surface area contributed by atoms with Crippen molar-refractivity contribution in [2.24, 2.45) is 5.92 Å². The summed E-state index contributed by atoms with van der Waals surface area (Å²) in [6.45, 7) is 4.15. The average molecular weight is 376 g/mol. The fourth-order valence-electron chi connectivity index (χ4n) is 3.99. The van der Waals surface area contributed by atoms with E-state index in [1.807, 2.05) is 23.6 Å². The van der Waals surface area contributed by atoms with Gasteiger partial charge in [0.25, 0.3) is 0 Å².